The normalized spacial score (nSPS) is 13.6. The number of aromatic nitrogens is 2. The molecular formula is C37H49N7O6S. The summed E-state index contributed by atoms with van der Waals surface area (Å²) in [5.41, 5.74) is 2.63. The van der Waals surface area contributed by atoms with Gasteiger partial charge in [0.15, 0.2) is 18.8 Å². The summed E-state index contributed by atoms with van der Waals surface area (Å²) in [5, 5.41) is 23.4. The molecule has 4 aromatic rings. The van der Waals surface area contributed by atoms with Gasteiger partial charge in [0, 0.05) is 25.0 Å². The molecule has 4 amide bonds. The lowest BCUT2D eigenvalue weighted by Crippen LogP contribution is -2.55. The highest BCUT2D eigenvalue weighted by atomic mass is 32.1. The highest BCUT2D eigenvalue weighted by Gasteiger charge is 2.31. The van der Waals surface area contributed by atoms with Crippen LogP contribution in [0.5, 0.6) is 0 Å². The minimum atomic E-state index is -1.08. The number of oxazole rings is 1. The second kappa shape index (κ2) is 19.6. The second-order valence-corrected chi connectivity index (χ2v) is 14.1. The van der Waals surface area contributed by atoms with E-state index in [-0.39, 0.29) is 24.9 Å². The monoisotopic (exact) mass is 719 g/mol. The lowest BCUT2D eigenvalue weighted by Gasteiger charge is -2.30. The fraction of sp³-hybridized carbons (Fsp3) is 0.432. The number of nitrogens with zero attached hydrogens (tertiary/aromatic N) is 4. The van der Waals surface area contributed by atoms with Crippen molar-refractivity contribution in [1.82, 2.24) is 35.7 Å². The molecule has 14 heteroatoms. The van der Waals surface area contributed by atoms with E-state index in [0.29, 0.717) is 31.7 Å². The number of alkyl carbamates (subject to hydrolysis) is 1. The zero-order valence-corrected chi connectivity index (χ0v) is 30.6. The van der Waals surface area contributed by atoms with Crippen molar-refractivity contribution in [2.24, 2.45) is 5.92 Å². The summed E-state index contributed by atoms with van der Waals surface area (Å²) in [6.07, 6.45) is 1.73. The first-order valence-electron chi connectivity index (χ1n) is 16.9. The topological polar surface area (TPSA) is 162 Å². The molecule has 4 atom stereocenters. The molecule has 0 saturated heterocycles. The fourth-order valence-corrected chi connectivity index (χ4v) is 6.39. The van der Waals surface area contributed by atoms with E-state index in [1.807, 2.05) is 98.9 Å². The van der Waals surface area contributed by atoms with Gasteiger partial charge in [-0.05, 0) is 50.4 Å². The van der Waals surface area contributed by atoms with Crippen LogP contribution in [0.2, 0.25) is 0 Å². The maximum absolute atomic E-state index is 13.9. The SMILES string of the molecule is CC(C)[C@H](NC(=O)N(C)Cc1csc(CN(C)C)n1)C(=O)N[C@@H](Cc1ccccc1)C[C@H](O)[C@H](Cc1ccccc1)NC(=O)OCc1cnco1. The average molecular weight is 720 g/mol. The van der Waals surface area contributed by atoms with Crippen LogP contribution in [0.25, 0.3) is 0 Å². The van der Waals surface area contributed by atoms with Crippen molar-refractivity contribution in [3.63, 3.8) is 0 Å². The number of hydrogen-bond donors (Lipinski definition) is 4. The van der Waals surface area contributed by atoms with Crippen LogP contribution >= 0.6 is 11.3 Å². The number of aliphatic hydroxyl groups is 1. The molecule has 0 saturated carbocycles. The standard InChI is InChI=1S/C37H49N7O6S/c1-25(2)34(42-36(47)44(5)20-29-23-51-33(39-29)21-43(3)4)35(46)40-28(16-26-12-8-6-9-13-26)18-32(45)31(17-27-14-10-7-11-15-27)41-37(48)49-22-30-19-38-24-50-30/h6-15,19,23-25,28,31-32,34,45H,16-18,20-22H2,1-5H3,(H,40,46)(H,41,48)(H,42,47)/t28-,31-,32-,34-/m0/s1. The zero-order chi connectivity index (χ0) is 36.8. The Morgan fingerprint density at radius 1 is 0.922 bits per heavy atom. The van der Waals surface area contributed by atoms with Crippen LogP contribution in [0.3, 0.4) is 0 Å². The van der Waals surface area contributed by atoms with Gasteiger partial charge in [0.1, 0.15) is 11.0 Å². The predicted octanol–water partition coefficient (Wildman–Crippen LogP) is 4.37. The Morgan fingerprint density at radius 2 is 1.59 bits per heavy atom. The van der Waals surface area contributed by atoms with Gasteiger partial charge in [0.25, 0.3) is 0 Å². The molecule has 0 unspecified atom stereocenters. The molecule has 0 aliphatic heterocycles. The molecule has 51 heavy (non-hydrogen) atoms. The number of aliphatic hydroxyl groups excluding tert-OH is 1. The Bertz CT molecular complexity index is 1640. The number of thiazole rings is 1. The number of rotatable bonds is 18. The van der Waals surface area contributed by atoms with E-state index in [4.69, 9.17) is 9.15 Å². The molecule has 0 radical (unpaired) electrons. The third-order valence-electron chi connectivity index (χ3n) is 8.12. The molecule has 2 aromatic carbocycles. The van der Waals surface area contributed by atoms with Crippen LogP contribution in [0.4, 0.5) is 9.59 Å². The smallest absolute Gasteiger partial charge is 0.407 e. The number of nitrogens with one attached hydrogen (secondary N) is 3. The number of carbonyl (C=O) groups is 3. The van der Waals surface area contributed by atoms with Gasteiger partial charge in [-0.1, -0.05) is 74.5 Å². The summed E-state index contributed by atoms with van der Waals surface area (Å²) >= 11 is 1.54. The van der Waals surface area contributed by atoms with Crippen LogP contribution in [0.15, 0.2) is 83.1 Å². The Balaban J connectivity index is 1.45. The van der Waals surface area contributed by atoms with Gasteiger partial charge in [-0.3, -0.25) is 4.79 Å². The molecule has 4 N–H and O–H groups in total. The van der Waals surface area contributed by atoms with Crippen molar-refractivity contribution in [3.05, 3.63) is 106 Å². The highest BCUT2D eigenvalue weighted by molar-refractivity contribution is 7.09. The molecule has 0 aliphatic rings. The summed E-state index contributed by atoms with van der Waals surface area (Å²) in [4.78, 5) is 52.0. The molecule has 0 bridgehead atoms. The Labute approximate surface area is 303 Å². The molecule has 0 fully saturated rings. The average Bonchev–Trinajstić information content (AvgIpc) is 3.78. The van der Waals surface area contributed by atoms with Crippen LogP contribution in [-0.4, -0.2) is 88.3 Å². The molecule has 4 rings (SSSR count). The van der Waals surface area contributed by atoms with Crippen molar-refractivity contribution >= 4 is 29.4 Å². The van der Waals surface area contributed by atoms with E-state index in [9.17, 15) is 19.5 Å². The largest absolute Gasteiger partial charge is 0.445 e. The third kappa shape index (κ3) is 13.1. The van der Waals surface area contributed by atoms with Crippen LogP contribution < -0.4 is 16.0 Å². The molecule has 2 aromatic heterocycles. The number of ether oxygens (including phenoxy) is 1. The van der Waals surface area contributed by atoms with Crippen LogP contribution in [-0.2, 0) is 42.1 Å². The molecule has 274 valence electrons. The molecule has 0 spiro atoms. The van der Waals surface area contributed by atoms with Gasteiger partial charge in [-0.2, -0.15) is 0 Å². The maximum atomic E-state index is 13.9. The van der Waals surface area contributed by atoms with Gasteiger partial charge in [-0.25, -0.2) is 19.6 Å². The Kier molecular flexibility index (Phi) is 15.0. The summed E-state index contributed by atoms with van der Waals surface area (Å²) in [5.74, 6) is -0.228. The van der Waals surface area contributed by atoms with E-state index in [2.05, 4.69) is 25.9 Å². The van der Waals surface area contributed by atoms with Crippen LogP contribution in [0.1, 0.15) is 47.9 Å². The van der Waals surface area contributed by atoms with Crippen molar-refractivity contribution < 1.29 is 28.6 Å². The van der Waals surface area contributed by atoms with E-state index in [1.165, 1.54) is 17.5 Å². The quantitative estimate of drug-likeness (QED) is 0.117. The van der Waals surface area contributed by atoms with Gasteiger partial charge >= 0.3 is 12.1 Å². The number of benzene rings is 2. The number of urea groups is 1. The minimum absolute atomic E-state index is 0.109. The summed E-state index contributed by atoms with van der Waals surface area (Å²) in [6.45, 7) is 4.62. The van der Waals surface area contributed by atoms with E-state index in [0.717, 1.165) is 21.8 Å². The van der Waals surface area contributed by atoms with Crippen molar-refractivity contribution in [1.29, 1.82) is 0 Å². The van der Waals surface area contributed by atoms with Gasteiger partial charge in [0.05, 0.1) is 30.6 Å². The Hall–Kier alpha value is -4.79. The van der Waals surface area contributed by atoms with E-state index in [1.54, 1.807) is 18.4 Å². The van der Waals surface area contributed by atoms with Crippen molar-refractivity contribution in [2.75, 3.05) is 21.1 Å². The maximum Gasteiger partial charge on any atom is 0.407 e. The van der Waals surface area contributed by atoms with E-state index >= 15 is 0 Å². The van der Waals surface area contributed by atoms with Crippen molar-refractivity contribution in [2.45, 2.75) is 77.0 Å². The third-order valence-corrected chi connectivity index (χ3v) is 9.00. The summed E-state index contributed by atoms with van der Waals surface area (Å²) in [7, 11) is 5.62. The fourth-order valence-electron chi connectivity index (χ4n) is 5.49. The lowest BCUT2D eigenvalue weighted by molar-refractivity contribution is -0.124. The van der Waals surface area contributed by atoms with Gasteiger partial charge in [0.2, 0.25) is 5.91 Å². The summed E-state index contributed by atoms with van der Waals surface area (Å²) in [6, 6.07) is 16.6. The molecule has 2 heterocycles. The molecular weight excluding hydrogens is 671 g/mol. The van der Waals surface area contributed by atoms with Crippen molar-refractivity contribution in [3.8, 4) is 0 Å². The minimum Gasteiger partial charge on any atom is -0.445 e. The number of hydrogen-bond acceptors (Lipinski definition) is 10. The number of carbonyl (C=O) groups excluding carboxylic acids is 3. The summed E-state index contributed by atoms with van der Waals surface area (Å²) < 4.78 is 10.5. The zero-order valence-electron chi connectivity index (χ0n) is 29.8. The van der Waals surface area contributed by atoms with Crippen LogP contribution in [0, 0.1) is 5.92 Å². The van der Waals surface area contributed by atoms with E-state index < -0.39 is 36.4 Å². The first-order valence-corrected chi connectivity index (χ1v) is 17.8. The molecule has 0 aliphatic carbocycles. The lowest BCUT2D eigenvalue weighted by atomic mass is 9.93. The van der Waals surface area contributed by atoms with Gasteiger partial charge < -0.3 is 40.0 Å². The first-order chi connectivity index (χ1) is 24.5. The highest BCUT2D eigenvalue weighted by Crippen LogP contribution is 2.17. The van der Waals surface area contributed by atoms with Gasteiger partial charge in [-0.15, -0.1) is 11.3 Å². The first kappa shape index (κ1) is 39.0. The second-order valence-electron chi connectivity index (χ2n) is 13.2. The molecule has 13 nitrogen and oxygen atoms in total. The number of amides is 4. The Morgan fingerprint density at radius 3 is 2.20 bits per heavy atom. The predicted molar refractivity (Wildman–Crippen MR) is 195 cm³/mol.